The van der Waals surface area contributed by atoms with Crippen LogP contribution in [0.5, 0.6) is 0 Å². The van der Waals surface area contributed by atoms with E-state index in [4.69, 9.17) is 0 Å². The van der Waals surface area contributed by atoms with Crippen LogP contribution in [0.4, 0.5) is 11.4 Å². The van der Waals surface area contributed by atoms with E-state index >= 15 is 0 Å². The lowest BCUT2D eigenvalue weighted by Crippen LogP contribution is -2.15. The maximum Gasteiger partial charge on any atom is 0.255 e. The number of nitrogens with one attached hydrogen (secondary N) is 2. The summed E-state index contributed by atoms with van der Waals surface area (Å²) in [6, 6.07) is 18.7. The fourth-order valence-corrected chi connectivity index (χ4v) is 3.14. The molecule has 5 nitrogen and oxygen atoms in total. The summed E-state index contributed by atoms with van der Waals surface area (Å²) >= 11 is 2.26. The van der Waals surface area contributed by atoms with Crippen LogP contribution in [0.2, 0.25) is 0 Å². The van der Waals surface area contributed by atoms with Gasteiger partial charge in [0.25, 0.3) is 5.91 Å². The Morgan fingerprint density at radius 2 is 1.85 bits per heavy atom. The molecule has 0 aliphatic rings. The number of amides is 1. The summed E-state index contributed by atoms with van der Waals surface area (Å²) in [7, 11) is 0. The van der Waals surface area contributed by atoms with Crippen LogP contribution in [0.25, 0.3) is 11.3 Å². The van der Waals surface area contributed by atoms with Crippen molar-refractivity contribution in [3.05, 3.63) is 76.0 Å². The fraction of sp³-hybridized carbons (Fsp3) is 0.143. The molecule has 0 unspecified atom stereocenters. The number of halogens is 1. The molecule has 3 N–H and O–H groups in total. The minimum Gasteiger partial charge on any atom is -0.392 e. The molecule has 1 amide bonds. The summed E-state index contributed by atoms with van der Waals surface area (Å²) in [5, 5.41) is 15.4. The largest absolute Gasteiger partial charge is 0.392 e. The van der Waals surface area contributed by atoms with Crippen molar-refractivity contribution in [2.45, 2.75) is 13.0 Å². The number of anilines is 2. The predicted octanol–water partition coefficient (Wildman–Crippen LogP) is 4.40. The number of carbonyl (C=O) groups excluding carboxylic acids is 1. The molecule has 0 saturated carbocycles. The SMILES string of the molecule is C[C@H](O)CNc1ccc(C(=O)Nc2ccc(I)c(-c3ccccn3)c2)cc1. The summed E-state index contributed by atoms with van der Waals surface area (Å²) in [5.74, 6) is -0.176. The zero-order valence-electron chi connectivity index (χ0n) is 14.8. The van der Waals surface area contributed by atoms with Gasteiger partial charge in [0, 0.05) is 38.8 Å². The number of carbonyl (C=O) groups is 1. The van der Waals surface area contributed by atoms with Crippen molar-refractivity contribution in [2.24, 2.45) is 0 Å². The summed E-state index contributed by atoms with van der Waals surface area (Å²) in [6.45, 7) is 2.18. The second-order valence-corrected chi connectivity index (χ2v) is 7.33. The number of aliphatic hydroxyl groups is 1. The molecule has 0 aliphatic heterocycles. The van der Waals surface area contributed by atoms with Crippen molar-refractivity contribution >= 4 is 39.9 Å². The minimum atomic E-state index is -0.429. The average Bonchev–Trinajstić information content (AvgIpc) is 2.69. The van der Waals surface area contributed by atoms with Crippen LogP contribution in [0.1, 0.15) is 17.3 Å². The molecule has 1 atom stereocenters. The van der Waals surface area contributed by atoms with Crippen molar-refractivity contribution in [1.29, 1.82) is 0 Å². The molecular weight excluding hydrogens is 453 g/mol. The Labute approximate surface area is 172 Å². The molecule has 138 valence electrons. The number of hydrogen-bond acceptors (Lipinski definition) is 4. The van der Waals surface area contributed by atoms with Gasteiger partial charge in [-0.1, -0.05) is 6.07 Å². The van der Waals surface area contributed by atoms with Crippen molar-refractivity contribution in [3.8, 4) is 11.3 Å². The quantitative estimate of drug-likeness (QED) is 0.465. The van der Waals surface area contributed by atoms with Crippen LogP contribution < -0.4 is 10.6 Å². The van der Waals surface area contributed by atoms with E-state index in [-0.39, 0.29) is 5.91 Å². The van der Waals surface area contributed by atoms with Gasteiger partial charge in [-0.2, -0.15) is 0 Å². The van der Waals surface area contributed by atoms with E-state index in [9.17, 15) is 9.90 Å². The summed E-state index contributed by atoms with van der Waals surface area (Å²) in [6.07, 6.45) is 1.33. The summed E-state index contributed by atoms with van der Waals surface area (Å²) in [5.41, 5.74) is 3.99. The lowest BCUT2D eigenvalue weighted by molar-refractivity contribution is 0.102. The smallest absolute Gasteiger partial charge is 0.255 e. The standard InChI is InChI=1S/C21H20IN3O2/c1-14(26)13-24-16-7-5-15(6-8-16)21(27)25-17-9-10-19(22)18(12-17)20-4-2-3-11-23-20/h2-12,14,24,26H,13H2,1H3,(H,25,27)/t14-/m0/s1. The molecule has 1 heterocycles. The Hall–Kier alpha value is -2.45. The highest BCUT2D eigenvalue weighted by Crippen LogP contribution is 2.27. The van der Waals surface area contributed by atoms with Crippen molar-refractivity contribution < 1.29 is 9.90 Å². The fourth-order valence-electron chi connectivity index (χ4n) is 2.53. The molecule has 27 heavy (non-hydrogen) atoms. The Morgan fingerprint density at radius 3 is 2.52 bits per heavy atom. The van der Waals surface area contributed by atoms with Crippen LogP contribution in [0, 0.1) is 3.57 Å². The molecule has 6 heteroatoms. The third-order valence-electron chi connectivity index (χ3n) is 3.91. The first kappa shape index (κ1) is 19.3. The number of aromatic nitrogens is 1. The van der Waals surface area contributed by atoms with Gasteiger partial charge in [-0.3, -0.25) is 9.78 Å². The molecule has 0 radical (unpaired) electrons. The van der Waals surface area contributed by atoms with Gasteiger partial charge in [0.2, 0.25) is 0 Å². The number of aliphatic hydroxyl groups excluding tert-OH is 1. The van der Waals surface area contributed by atoms with Crippen LogP contribution in [0.15, 0.2) is 66.9 Å². The van der Waals surface area contributed by atoms with Crippen molar-refractivity contribution in [1.82, 2.24) is 4.98 Å². The molecule has 0 saturated heterocycles. The normalized spacial score (nSPS) is 11.7. The van der Waals surface area contributed by atoms with Gasteiger partial charge in [-0.05, 0) is 84.1 Å². The highest BCUT2D eigenvalue weighted by atomic mass is 127. The second-order valence-electron chi connectivity index (χ2n) is 6.17. The Morgan fingerprint density at radius 1 is 1.11 bits per heavy atom. The topological polar surface area (TPSA) is 74.2 Å². The second kappa shape index (κ2) is 8.96. The van der Waals surface area contributed by atoms with Gasteiger partial charge in [-0.25, -0.2) is 0 Å². The first-order chi connectivity index (χ1) is 13.0. The van der Waals surface area contributed by atoms with Gasteiger partial charge >= 0.3 is 0 Å². The Kier molecular flexibility index (Phi) is 6.41. The molecule has 0 bridgehead atoms. The zero-order valence-corrected chi connectivity index (χ0v) is 17.0. The van der Waals surface area contributed by atoms with Crippen LogP contribution in [-0.4, -0.2) is 28.6 Å². The van der Waals surface area contributed by atoms with Crippen LogP contribution >= 0.6 is 22.6 Å². The molecule has 3 rings (SSSR count). The van der Waals surface area contributed by atoms with Gasteiger partial charge in [0.1, 0.15) is 0 Å². The van der Waals surface area contributed by atoms with Crippen LogP contribution in [0.3, 0.4) is 0 Å². The lowest BCUT2D eigenvalue weighted by atomic mass is 10.1. The highest BCUT2D eigenvalue weighted by Gasteiger charge is 2.10. The summed E-state index contributed by atoms with van der Waals surface area (Å²) < 4.78 is 1.07. The first-order valence-corrected chi connectivity index (χ1v) is 9.65. The van der Waals surface area contributed by atoms with E-state index < -0.39 is 6.10 Å². The highest BCUT2D eigenvalue weighted by molar-refractivity contribution is 14.1. The third-order valence-corrected chi connectivity index (χ3v) is 4.85. The molecular formula is C21H20IN3O2. The van der Waals surface area contributed by atoms with Gasteiger partial charge < -0.3 is 15.7 Å². The van der Waals surface area contributed by atoms with Crippen LogP contribution in [-0.2, 0) is 0 Å². The van der Waals surface area contributed by atoms with Crippen molar-refractivity contribution in [3.63, 3.8) is 0 Å². The molecule has 3 aromatic rings. The Balaban J connectivity index is 1.72. The Bertz CT molecular complexity index is 912. The zero-order chi connectivity index (χ0) is 19.2. The van der Waals surface area contributed by atoms with Gasteiger partial charge in [0.15, 0.2) is 0 Å². The number of nitrogens with zero attached hydrogens (tertiary/aromatic N) is 1. The lowest BCUT2D eigenvalue weighted by Gasteiger charge is -2.11. The average molecular weight is 473 g/mol. The monoisotopic (exact) mass is 473 g/mol. The molecule has 0 spiro atoms. The third kappa shape index (κ3) is 5.27. The number of benzene rings is 2. The summed E-state index contributed by atoms with van der Waals surface area (Å²) in [4.78, 5) is 16.9. The maximum absolute atomic E-state index is 12.5. The number of hydrogen-bond donors (Lipinski definition) is 3. The van der Waals surface area contributed by atoms with Gasteiger partial charge in [-0.15, -0.1) is 0 Å². The van der Waals surface area contributed by atoms with Gasteiger partial charge in [0.05, 0.1) is 11.8 Å². The predicted molar refractivity (Wildman–Crippen MR) is 117 cm³/mol. The van der Waals surface area contributed by atoms with E-state index in [2.05, 4.69) is 38.2 Å². The van der Waals surface area contributed by atoms with E-state index in [0.717, 1.165) is 26.2 Å². The van der Waals surface area contributed by atoms with E-state index in [1.807, 2.05) is 48.5 Å². The molecule has 0 fully saturated rings. The maximum atomic E-state index is 12.5. The van der Waals surface area contributed by atoms with E-state index in [1.54, 1.807) is 25.3 Å². The molecule has 0 aliphatic carbocycles. The molecule has 1 aromatic heterocycles. The van der Waals surface area contributed by atoms with E-state index in [1.165, 1.54) is 0 Å². The minimum absolute atomic E-state index is 0.176. The van der Waals surface area contributed by atoms with Crippen molar-refractivity contribution in [2.75, 3.05) is 17.2 Å². The number of rotatable bonds is 6. The van der Waals surface area contributed by atoms with E-state index in [0.29, 0.717) is 12.1 Å². The molecule has 2 aromatic carbocycles. The number of pyridine rings is 1. The first-order valence-electron chi connectivity index (χ1n) is 8.57.